The molecule has 24 heavy (non-hydrogen) atoms. The number of nitrogens with zero attached hydrogens (tertiary/aromatic N) is 3. The number of carbonyl (C=O) groups excluding carboxylic acids is 1. The minimum atomic E-state index is 0.382. The maximum absolute atomic E-state index is 12.6. The Bertz CT molecular complexity index is 561. The molecule has 0 bridgehead atoms. The van der Waals surface area contributed by atoms with Gasteiger partial charge in [0.05, 0.1) is 0 Å². The lowest BCUT2D eigenvalue weighted by Gasteiger charge is -2.32. The number of likely N-dealkylation sites (tertiary alicyclic amines) is 1. The highest BCUT2D eigenvalue weighted by Crippen LogP contribution is 2.38. The van der Waals surface area contributed by atoms with Crippen LogP contribution in [0.25, 0.3) is 0 Å². The van der Waals surface area contributed by atoms with Crippen LogP contribution in [-0.2, 0) is 4.79 Å². The third-order valence-electron chi connectivity index (χ3n) is 6.22. The fourth-order valence-corrected chi connectivity index (χ4v) is 5.88. The Labute approximate surface area is 149 Å². The van der Waals surface area contributed by atoms with Crippen molar-refractivity contribution < 1.29 is 4.79 Å². The quantitative estimate of drug-likeness (QED) is 0.806. The molecule has 4 rings (SSSR count). The summed E-state index contributed by atoms with van der Waals surface area (Å²) in [6.45, 7) is 1.81. The van der Waals surface area contributed by atoms with Gasteiger partial charge in [0.15, 0.2) is 0 Å². The second kappa shape index (κ2) is 7.51. The zero-order valence-corrected chi connectivity index (χ0v) is 15.4. The first-order chi connectivity index (χ1) is 11.8. The number of hydrogen-bond donors (Lipinski definition) is 0. The standard InChI is InChI=1S/C19H29N3OS/c23-17(12-14-6-1-2-7-14)22-11-5-10-16(13-22)19-21-20-18(24-19)15-8-3-4-9-15/h14-16H,1-13H2. The van der Waals surface area contributed by atoms with Crippen molar-refractivity contribution in [3.05, 3.63) is 10.0 Å². The van der Waals surface area contributed by atoms with E-state index in [9.17, 15) is 4.79 Å². The van der Waals surface area contributed by atoms with Crippen LogP contribution in [-0.4, -0.2) is 34.1 Å². The van der Waals surface area contributed by atoms with Gasteiger partial charge in [0.25, 0.3) is 0 Å². The summed E-state index contributed by atoms with van der Waals surface area (Å²) in [5, 5.41) is 11.4. The average molecular weight is 348 g/mol. The largest absolute Gasteiger partial charge is 0.342 e. The number of amides is 1. The molecule has 1 amide bonds. The molecule has 4 nitrogen and oxygen atoms in total. The smallest absolute Gasteiger partial charge is 0.222 e. The molecule has 3 fully saturated rings. The van der Waals surface area contributed by atoms with Crippen LogP contribution in [0.15, 0.2) is 0 Å². The van der Waals surface area contributed by atoms with Crippen LogP contribution < -0.4 is 0 Å². The second-order valence-corrected chi connectivity index (χ2v) is 9.03. The Morgan fingerprint density at radius 2 is 1.54 bits per heavy atom. The average Bonchev–Trinajstić information content (AvgIpc) is 3.36. The van der Waals surface area contributed by atoms with Gasteiger partial charge < -0.3 is 4.90 Å². The first-order valence-electron chi connectivity index (χ1n) is 9.90. The molecule has 0 radical (unpaired) electrons. The third-order valence-corrected chi connectivity index (χ3v) is 7.47. The van der Waals surface area contributed by atoms with Crippen molar-refractivity contribution in [2.45, 2.75) is 82.5 Å². The van der Waals surface area contributed by atoms with E-state index in [1.54, 1.807) is 0 Å². The maximum atomic E-state index is 12.6. The Morgan fingerprint density at radius 1 is 0.917 bits per heavy atom. The van der Waals surface area contributed by atoms with Crippen LogP contribution in [0.4, 0.5) is 0 Å². The Balaban J connectivity index is 1.36. The number of rotatable bonds is 4. The summed E-state index contributed by atoms with van der Waals surface area (Å²) in [6, 6.07) is 0. The van der Waals surface area contributed by atoms with Gasteiger partial charge in [-0.15, -0.1) is 21.5 Å². The summed E-state index contributed by atoms with van der Waals surface area (Å²) >= 11 is 1.82. The Kier molecular flexibility index (Phi) is 5.16. The molecule has 2 saturated carbocycles. The van der Waals surface area contributed by atoms with E-state index >= 15 is 0 Å². The summed E-state index contributed by atoms with van der Waals surface area (Å²) in [6.07, 6.45) is 13.4. The minimum absolute atomic E-state index is 0.382. The first kappa shape index (κ1) is 16.5. The lowest BCUT2D eigenvalue weighted by molar-refractivity contribution is -0.133. The number of piperidine rings is 1. The summed E-state index contributed by atoms with van der Waals surface area (Å²) < 4.78 is 0. The maximum Gasteiger partial charge on any atom is 0.222 e. The van der Waals surface area contributed by atoms with Gasteiger partial charge in [0.1, 0.15) is 10.0 Å². The first-order valence-corrected chi connectivity index (χ1v) is 10.7. The van der Waals surface area contributed by atoms with Gasteiger partial charge >= 0.3 is 0 Å². The zero-order valence-electron chi connectivity index (χ0n) is 14.6. The van der Waals surface area contributed by atoms with Crippen LogP contribution in [0.1, 0.15) is 92.5 Å². The molecule has 1 aromatic heterocycles. The summed E-state index contributed by atoms with van der Waals surface area (Å²) in [7, 11) is 0. The predicted molar refractivity (Wildman–Crippen MR) is 96.2 cm³/mol. The zero-order chi connectivity index (χ0) is 16.4. The highest BCUT2D eigenvalue weighted by molar-refractivity contribution is 7.11. The monoisotopic (exact) mass is 347 g/mol. The van der Waals surface area contributed by atoms with E-state index in [1.807, 2.05) is 11.3 Å². The highest BCUT2D eigenvalue weighted by Gasteiger charge is 2.30. The fraction of sp³-hybridized carbons (Fsp3) is 0.842. The fourth-order valence-electron chi connectivity index (χ4n) is 4.75. The van der Waals surface area contributed by atoms with Gasteiger partial charge in [-0.2, -0.15) is 0 Å². The van der Waals surface area contributed by atoms with E-state index in [0.717, 1.165) is 32.4 Å². The van der Waals surface area contributed by atoms with E-state index in [4.69, 9.17) is 0 Å². The van der Waals surface area contributed by atoms with Crippen molar-refractivity contribution in [3.8, 4) is 0 Å². The van der Waals surface area contributed by atoms with Gasteiger partial charge in [-0.05, 0) is 44.4 Å². The van der Waals surface area contributed by atoms with Crippen molar-refractivity contribution in [3.63, 3.8) is 0 Å². The van der Waals surface area contributed by atoms with E-state index in [0.29, 0.717) is 23.7 Å². The van der Waals surface area contributed by atoms with Crippen LogP contribution in [0.3, 0.4) is 0 Å². The van der Waals surface area contributed by atoms with Crippen molar-refractivity contribution in [2.24, 2.45) is 5.92 Å². The lowest BCUT2D eigenvalue weighted by Crippen LogP contribution is -2.39. The summed E-state index contributed by atoms with van der Waals surface area (Å²) in [4.78, 5) is 14.8. The summed E-state index contributed by atoms with van der Waals surface area (Å²) in [5.41, 5.74) is 0. The Morgan fingerprint density at radius 3 is 2.29 bits per heavy atom. The lowest BCUT2D eigenvalue weighted by atomic mass is 9.97. The molecule has 1 saturated heterocycles. The predicted octanol–water partition coefficient (Wildman–Crippen LogP) is 4.48. The van der Waals surface area contributed by atoms with Crippen molar-refractivity contribution in [1.29, 1.82) is 0 Å². The third kappa shape index (κ3) is 3.66. The molecular formula is C19H29N3OS. The van der Waals surface area contributed by atoms with Crippen LogP contribution in [0.2, 0.25) is 0 Å². The van der Waals surface area contributed by atoms with Crippen molar-refractivity contribution in [2.75, 3.05) is 13.1 Å². The molecule has 1 unspecified atom stereocenters. The van der Waals surface area contributed by atoms with E-state index < -0.39 is 0 Å². The van der Waals surface area contributed by atoms with E-state index in [-0.39, 0.29) is 0 Å². The van der Waals surface area contributed by atoms with Crippen LogP contribution >= 0.6 is 11.3 Å². The highest BCUT2D eigenvalue weighted by atomic mass is 32.1. The Hall–Kier alpha value is -0.970. The molecule has 2 aliphatic carbocycles. The topological polar surface area (TPSA) is 46.1 Å². The SMILES string of the molecule is O=C(CC1CCCC1)N1CCCC(c2nnc(C3CCCC3)s2)C1. The molecular weight excluding hydrogens is 318 g/mol. The van der Waals surface area contributed by atoms with Crippen molar-refractivity contribution in [1.82, 2.24) is 15.1 Å². The molecule has 0 spiro atoms. The molecule has 1 aromatic rings. The molecule has 2 heterocycles. The molecule has 3 aliphatic rings. The van der Waals surface area contributed by atoms with Gasteiger partial charge in [-0.25, -0.2) is 0 Å². The van der Waals surface area contributed by atoms with Gasteiger partial charge in [-0.1, -0.05) is 25.7 Å². The normalized spacial score (nSPS) is 26.3. The van der Waals surface area contributed by atoms with Gasteiger partial charge in [0, 0.05) is 31.3 Å². The number of carbonyl (C=O) groups is 1. The van der Waals surface area contributed by atoms with E-state index in [1.165, 1.54) is 61.4 Å². The second-order valence-electron chi connectivity index (χ2n) is 7.99. The van der Waals surface area contributed by atoms with Gasteiger partial charge in [0.2, 0.25) is 5.91 Å². The number of aromatic nitrogens is 2. The van der Waals surface area contributed by atoms with Crippen LogP contribution in [0.5, 0.6) is 0 Å². The summed E-state index contributed by atoms with van der Waals surface area (Å²) in [5.74, 6) is 2.10. The number of hydrogen-bond acceptors (Lipinski definition) is 4. The van der Waals surface area contributed by atoms with Gasteiger partial charge in [-0.3, -0.25) is 4.79 Å². The minimum Gasteiger partial charge on any atom is -0.342 e. The van der Waals surface area contributed by atoms with Crippen LogP contribution in [0, 0.1) is 5.92 Å². The molecule has 1 aliphatic heterocycles. The molecule has 5 heteroatoms. The van der Waals surface area contributed by atoms with E-state index in [2.05, 4.69) is 15.1 Å². The molecule has 1 atom stereocenters. The molecule has 0 aromatic carbocycles. The molecule has 132 valence electrons. The molecule has 0 N–H and O–H groups in total. The van der Waals surface area contributed by atoms with Crippen molar-refractivity contribution >= 4 is 17.2 Å².